The highest BCUT2D eigenvalue weighted by Crippen LogP contribution is 2.40. The molecule has 3 nitrogen and oxygen atoms in total. The van der Waals surface area contributed by atoms with Crippen LogP contribution in [0.2, 0.25) is 0 Å². The Bertz CT molecular complexity index is 302. The number of alkyl halides is 3. The maximum Gasteiger partial charge on any atom is 0.468 e. The molecule has 1 aliphatic carbocycles. The second-order valence-electron chi connectivity index (χ2n) is 3.54. The number of aliphatic imine (C=N–C) groups is 1. The number of hydrogen-bond acceptors (Lipinski definition) is 3. The van der Waals surface area contributed by atoms with Crippen molar-refractivity contribution in [3.05, 3.63) is 0 Å². The van der Waals surface area contributed by atoms with E-state index in [1.165, 1.54) is 0 Å². The van der Waals surface area contributed by atoms with E-state index in [1.807, 2.05) is 0 Å². The Kier molecular flexibility index (Phi) is 1.84. The molecule has 1 fully saturated rings. The van der Waals surface area contributed by atoms with Gasteiger partial charge in [0.1, 0.15) is 0 Å². The molecule has 1 spiro atoms. The Morgan fingerprint density at radius 1 is 1.29 bits per heavy atom. The van der Waals surface area contributed by atoms with Gasteiger partial charge in [-0.3, -0.25) is 0 Å². The van der Waals surface area contributed by atoms with Crippen molar-refractivity contribution in [2.45, 2.75) is 37.4 Å². The molecule has 1 heterocycles. The maximum absolute atomic E-state index is 12.2. The Hall–Kier alpha value is -1.07. The smallest absolute Gasteiger partial charge is 0.401 e. The van der Waals surface area contributed by atoms with E-state index in [2.05, 4.69) is 9.73 Å². The molecule has 1 aliphatic heterocycles. The van der Waals surface area contributed by atoms with Crippen LogP contribution in [0.3, 0.4) is 0 Å². The van der Waals surface area contributed by atoms with E-state index >= 15 is 0 Å². The molecular weight excluding hydrogens is 199 g/mol. The summed E-state index contributed by atoms with van der Waals surface area (Å²) in [4.78, 5) is 14.6. The van der Waals surface area contributed by atoms with Gasteiger partial charge in [-0.05, 0) is 12.8 Å². The van der Waals surface area contributed by atoms with E-state index in [9.17, 15) is 18.0 Å². The molecule has 14 heavy (non-hydrogen) atoms. The van der Waals surface area contributed by atoms with Gasteiger partial charge < -0.3 is 4.74 Å². The van der Waals surface area contributed by atoms with E-state index < -0.39 is 23.6 Å². The average Bonchev–Trinajstić information content (AvgIpc) is 2.62. The predicted octanol–water partition coefficient (Wildman–Crippen LogP) is 1.82. The molecular formula is C8H8F3NO2. The lowest BCUT2D eigenvalue weighted by Crippen LogP contribution is -2.30. The van der Waals surface area contributed by atoms with Crippen molar-refractivity contribution in [1.82, 2.24) is 0 Å². The van der Waals surface area contributed by atoms with Gasteiger partial charge in [0.2, 0.25) is 0 Å². The van der Waals surface area contributed by atoms with E-state index in [4.69, 9.17) is 0 Å². The van der Waals surface area contributed by atoms with E-state index in [0.717, 1.165) is 12.8 Å². The number of hydrogen-bond donors (Lipinski definition) is 0. The van der Waals surface area contributed by atoms with Crippen molar-refractivity contribution in [3.63, 3.8) is 0 Å². The summed E-state index contributed by atoms with van der Waals surface area (Å²) in [5, 5.41) is 0. The van der Waals surface area contributed by atoms with Gasteiger partial charge in [-0.1, -0.05) is 12.8 Å². The van der Waals surface area contributed by atoms with Gasteiger partial charge in [-0.15, -0.1) is 0 Å². The minimum Gasteiger partial charge on any atom is -0.401 e. The first kappa shape index (κ1) is 9.48. The molecule has 0 bridgehead atoms. The third-order valence-electron chi connectivity index (χ3n) is 2.56. The van der Waals surface area contributed by atoms with Crippen LogP contribution >= 0.6 is 0 Å². The first-order valence-corrected chi connectivity index (χ1v) is 4.33. The van der Waals surface area contributed by atoms with Crippen molar-refractivity contribution in [3.8, 4) is 0 Å². The van der Waals surface area contributed by atoms with Gasteiger partial charge in [-0.2, -0.15) is 13.2 Å². The number of carbonyl (C=O) groups is 1. The summed E-state index contributed by atoms with van der Waals surface area (Å²) in [6.45, 7) is 0. The zero-order valence-corrected chi connectivity index (χ0v) is 7.23. The summed E-state index contributed by atoms with van der Waals surface area (Å²) < 4.78 is 40.6. The monoisotopic (exact) mass is 207 g/mol. The van der Waals surface area contributed by atoms with Crippen LogP contribution in [0.1, 0.15) is 25.7 Å². The predicted molar refractivity (Wildman–Crippen MR) is 40.8 cm³/mol. The average molecular weight is 207 g/mol. The van der Waals surface area contributed by atoms with Crippen molar-refractivity contribution in [1.29, 1.82) is 0 Å². The molecule has 0 radical (unpaired) electrons. The summed E-state index contributed by atoms with van der Waals surface area (Å²) in [5.74, 6) is -2.23. The fraction of sp³-hybridized carbons (Fsp3) is 0.750. The van der Waals surface area contributed by atoms with Gasteiger partial charge in [0.15, 0.2) is 5.54 Å². The Labute approximate surface area is 77.9 Å². The zero-order valence-electron chi connectivity index (χ0n) is 7.23. The quantitative estimate of drug-likeness (QED) is 0.568. The maximum atomic E-state index is 12.2. The molecule has 0 aromatic rings. The van der Waals surface area contributed by atoms with Crippen LogP contribution in [-0.4, -0.2) is 23.6 Å². The van der Waals surface area contributed by atoms with Crippen LogP contribution < -0.4 is 0 Å². The SMILES string of the molecule is O=C1OC(C(F)(F)F)=NC12CCCC2. The molecule has 0 aromatic heterocycles. The third-order valence-corrected chi connectivity index (χ3v) is 2.56. The lowest BCUT2D eigenvalue weighted by atomic mass is 10.00. The van der Waals surface area contributed by atoms with Crippen LogP contribution in [0.15, 0.2) is 4.99 Å². The van der Waals surface area contributed by atoms with Crippen LogP contribution in [0.25, 0.3) is 0 Å². The van der Waals surface area contributed by atoms with Crippen LogP contribution in [0.5, 0.6) is 0 Å². The van der Waals surface area contributed by atoms with E-state index in [-0.39, 0.29) is 0 Å². The zero-order chi connectivity index (χ0) is 10.4. The van der Waals surface area contributed by atoms with Gasteiger partial charge in [0.05, 0.1) is 0 Å². The van der Waals surface area contributed by atoms with Crippen LogP contribution in [-0.2, 0) is 9.53 Å². The largest absolute Gasteiger partial charge is 0.468 e. The topological polar surface area (TPSA) is 38.7 Å². The number of rotatable bonds is 0. The summed E-state index contributed by atoms with van der Waals surface area (Å²) in [6.07, 6.45) is -2.47. The van der Waals surface area contributed by atoms with Gasteiger partial charge in [0, 0.05) is 0 Å². The second kappa shape index (κ2) is 2.71. The standard InChI is InChI=1S/C8H8F3NO2/c9-8(10,11)5-12-7(6(13)14-5)3-1-2-4-7/h1-4H2. The highest BCUT2D eigenvalue weighted by Gasteiger charge is 2.54. The fourth-order valence-electron chi connectivity index (χ4n) is 1.84. The molecule has 6 heteroatoms. The number of nitrogens with zero attached hydrogens (tertiary/aromatic N) is 1. The Morgan fingerprint density at radius 2 is 1.86 bits per heavy atom. The summed E-state index contributed by atoms with van der Waals surface area (Å²) in [6, 6.07) is 0. The molecule has 2 rings (SSSR count). The van der Waals surface area contributed by atoms with Crippen molar-refractivity contribution >= 4 is 11.9 Å². The molecule has 0 saturated heterocycles. The summed E-state index contributed by atoms with van der Waals surface area (Å²) >= 11 is 0. The van der Waals surface area contributed by atoms with Crippen molar-refractivity contribution in [2.75, 3.05) is 0 Å². The van der Waals surface area contributed by atoms with Crippen molar-refractivity contribution in [2.24, 2.45) is 4.99 Å². The number of esters is 1. The summed E-state index contributed by atoms with van der Waals surface area (Å²) in [7, 11) is 0. The first-order chi connectivity index (χ1) is 6.44. The number of halogens is 3. The molecule has 0 N–H and O–H groups in total. The molecule has 0 atom stereocenters. The fourth-order valence-corrected chi connectivity index (χ4v) is 1.84. The minimum absolute atomic E-state index is 0.366. The second-order valence-corrected chi connectivity index (χ2v) is 3.54. The van der Waals surface area contributed by atoms with Gasteiger partial charge in [-0.25, -0.2) is 9.79 Å². The lowest BCUT2D eigenvalue weighted by Gasteiger charge is -2.12. The lowest BCUT2D eigenvalue weighted by molar-refractivity contribution is -0.142. The van der Waals surface area contributed by atoms with E-state index in [0.29, 0.717) is 12.8 Å². The number of cyclic esters (lactones) is 1. The van der Waals surface area contributed by atoms with Crippen LogP contribution in [0.4, 0.5) is 13.2 Å². The highest BCUT2D eigenvalue weighted by atomic mass is 19.4. The van der Waals surface area contributed by atoms with E-state index in [1.54, 1.807) is 0 Å². The third kappa shape index (κ3) is 1.29. The normalized spacial score (nSPS) is 25.4. The molecule has 2 aliphatic rings. The first-order valence-electron chi connectivity index (χ1n) is 4.33. The Balaban J connectivity index is 2.29. The molecule has 78 valence electrons. The van der Waals surface area contributed by atoms with Gasteiger partial charge in [0.25, 0.3) is 0 Å². The minimum atomic E-state index is -4.65. The number of ether oxygens (including phenoxy) is 1. The summed E-state index contributed by atoms with van der Waals surface area (Å²) in [5.41, 5.74) is -1.22. The number of carbonyl (C=O) groups excluding carboxylic acids is 1. The molecule has 0 aromatic carbocycles. The van der Waals surface area contributed by atoms with Crippen molar-refractivity contribution < 1.29 is 22.7 Å². The highest BCUT2D eigenvalue weighted by molar-refractivity contribution is 6.02. The Morgan fingerprint density at radius 3 is 2.29 bits per heavy atom. The van der Waals surface area contributed by atoms with Crippen LogP contribution in [0, 0.1) is 0 Å². The molecule has 1 saturated carbocycles. The molecule has 0 amide bonds. The molecule has 0 unspecified atom stereocenters. The van der Waals surface area contributed by atoms with Gasteiger partial charge >= 0.3 is 18.0 Å².